The van der Waals surface area contributed by atoms with E-state index in [2.05, 4.69) is 15.4 Å². The minimum absolute atomic E-state index is 0. The van der Waals surface area contributed by atoms with Crippen molar-refractivity contribution in [3.63, 3.8) is 0 Å². The van der Waals surface area contributed by atoms with Crippen molar-refractivity contribution in [3.8, 4) is 0 Å². The number of hydrogen-bond donors (Lipinski definition) is 3. The molecule has 1 spiro atoms. The lowest BCUT2D eigenvalue weighted by molar-refractivity contribution is -0.118. The quantitative estimate of drug-likeness (QED) is 0.691. The number of benzene rings is 2. The van der Waals surface area contributed by atoms with E-state index >= 15 is 0 Å². The van der Waals surface area contributed by atoms with E-state index < -0.39 is 10.0 Å². The van der Waals surface area contributed by atoms with Gasteiger partial charge in [0.05, 0.1) is 16.3 Å². The molecule has 8 heteroatoms. The molecule has 3 N–H and O–H groups in total. The number of hydrogen-bond acceptors (Lipinski definition) is 4. The molecule has 1 amide bonds. The van der Waals surface area contributed by atoms with Crippen LogP contribution in [-0.4, -0.2) is 27.4 Å². The van der Waals surface area contributed by atoms with E-state index in [1.807, 2.05) is 0 Å². The third kappa shape index (κ3) is 4.16. The Morgan fingerprint density at radius 3 is 2.25 bits per heavy atom. The Morgan fingerprint density at radius 2 is 1.57 bits per heavy atom. The number of sulfonamides is 1. The van der Waals surface area contributed by atoms with E-state index in [0.29, 0.717) is 11.4 Å². The maximum Gasteiger partial charge on any atom is 0.261 e. The van der Waals surface area contributed by atoms with Crippen LogP contribution in [0.25, 0.3) is 0 Å². The first-order valence-corrected chi connectivity index (χ1v) is 10.7. The molecule has 1 aliphatic carbocycles. The van der Waals surface area contributed by atoms with Crippen molar-refractivity contribution in [2.45, 2.75) is 24.2 Å². The molecule has 6 nitrogen and oxygen atoms in total. The number of para-hydroxylation sites is 2. The highest BCUT2D eigenvalue weighted by Gasteiger charge is 2.57. The molecule has 1 atom stereocenters. The van der Waals surface area contributed by atoms with E-state index in [1.165, 1.54) is 12.1 Å². The van der Waals surface area contributed by atoms with Gasteiger partial charge in [0.2, 0.25) is 5.91 Å². The van der Waals surface area contributed by atoms with Crippen molar-refractivity contribution in [2.24, 2.45) is 11.3 Å². The molecule has 2 fully saturated rings. The highest BCUT2D eigenvalue weighted by Crippen LogP contribution is 2.58. The smallest absolute Gasteiger partial charge is 0.261 e. The Hall–Kier alpha value is -2.09. The standard InChI is InChI=1S/C20H23N3O3S.ClH/c24-19(16-14-20(16)10-12-21-13-11-20)22-17-8-4-5-9-18(17)23-27(25,26)15-6-2-1-3-7-15;/h1-9,16,21,23H,10-14H2,(H,22,24);1H. The molecule has 1 aliphatic heterocycles. The van der Waals surface area contributed by atoms with Gasteiger partial charge in [0.1, 0.15) is 0 Å². The first-order valence-electron chi connectivity index (χ1n) is 9.19. The number of anilines is 2. The van der Waals surface area contributed by atoms with Gasteiger partial charge in [0.15, 0.2) is 0 Å². The Bertz CT molecular complexity index is 944. The van der Waals surface area contributed by atoms with Crippen LogP contribution < -0.4 is 15.4 Å². The number of amides is 1. The number of rotatable bonds is 5. The Kier molecular flexibility index (Phi) is 5.98. The minimum Gasteiger partial charge on any atom is -0.324 e. The number of halogens is 1. The molecule has 0 bridgehead atoms. The summed E-state index contributed by atoms with van der Waals surface area (Å²) in [5.41, 5.74) is 0.987. The summed E-state index contributed by atoms with van der Waals surface area (Å²) >= 11 is 0. The van der Waals surface area contributed by atoms with E-state index in [1.54, 1.807) is 42.5 Å². The van der Waals surface area contributed by atoms with Crippen molar-refractivity contribution in [3.05, 3.63) is 54.6 Å². The van der Waals surface area contributed by atoms with Gasteiger partial charge in [-0.25, -0.2) is 8.42 Å². The normalized spacial score (nSPS) is 20.1. The molecule has 150 valence electrons. The second kappa shape index (κ2) is 8.11. The van der Waals surface area contributed by atoms with Crippen LogP contribution in [0.3, 0.4) is 0 Å². The van der Waals surface area contributed by atoms with Crippen LogP contribution in [0.5, 0.6) is 0 Å². The maximum absolute atomic E-state index is 12.7. The summed E-state index contributed by atoms with van der Waals surface area (Å²) < 4.78 is 27.8. The molecule has 1 unspecified atom stereocenters. The van der Waals surface area contributed by atoms with Gasteiger partial charge in [-0.1, -0.05) is 30.3 Å². The van der Waals surface area contributed by atoms with Gasteiger partial charge in [-0.15, -0.1) is 12.4 Å². The summed E-state index contributed by atoms with van der Waals surface area (Å²) in [7, 11) is -3.71. The van der Waals surface area contributed by atoms with E-state index in [9.17, 15) is 13.2 Å². The van der Waals surface area contributed by atoms with Gasteiger partial charge >= 0.3 is 0 Å². The van der Waals surface area contributed by atoms with Crippen LogP contribution in [0.1, 0.15) is 19.3 Å². The molecule has 1 heterocycles. The molecular weight excluding hydrogens is 398 g/mol. The van der Waals surface area contributed by atoms with E-state index in [4.69, 9.17) is 0 Å². The molecule has 1 saturated carbocycles. The number of carbonyl (C=O) groups is 1. The summed E-state index contributed by atoms with van der Waals surface area (Å²) in [5, 5.41) is 6.26. The average Bonchev–Trinajstić information content (AvgIpc) is 3.37. The predicted molar refractivity (Wildman–Crippen MR) is 112 cm³/mol. The lowest BCUT2D eigenvalue weighted by atomic mass is 9.92. The lowest BCUT2D eigenvalue weighted by Gasteiger charge is -2.23. The third-order valence-corrected chi connectivity index (χ3v) is 6.97. The molecular formula is C20H24ClN3O3S. The van der Waals surface area contributed by atoms with Gasteiger partial charge in [0, 0.05) is 5.92 Å². The van der Waals surface area contributed by atoms with Gasteiger partial charge in [-0.2, -0.15) is 0 Å². The first kappa shape index (κ1) is 20.6. The zero-order valence-electron chi connectivity index (χ0n) is 15.4. The minimum atomic E-state index is -3.71. The monoisotopic (exact) mass is 421 g/mol. The van der Waals surface area contributed by atoms with Crippen molar-refractivity contribution >= 4 is 39.7 Å². The molecule has 28 heavy (non-hydrogen) atoms. The van der Waals surface area contributed by atoms with Gasteiger partial charge in [-0.3, -0.25) is 9.52 Å². The van der Waals surface area contributed by atoms with Crippen LogP contribution in [0.15, 0.2) is 59.5 Å². The summed E-state index contributed by atoms with van der Waals surface area (Å²) in [4.78, 5) is 12.9. The Balaban J connectivity index is 0.00000225. The lowest BCUT2D eigenvalue weighted by Crippen LogP contribution is -2.31. The molecule has 2 aromatic carbocycles. The molecule has 1 saturated heterocycles. The topological polar surface area (TPSA) is 87.3 Å². The van der Waals surface area contributed by atoms with Crippen LogP contribution in [0.4, 0.5) is 11.4 Å². The molecule has 2 aliphatic rings. The maximum atomic E-state index is 12.7. The summed E-state index contributed by atoms with van der Waals surface area (Å²) in [6.07, 6.45) is 2.96. The van der Waals surface area contributed by atoms with Crippen molar-refractivity contribution in [1.82, 2.24) is 5.32 Å². The zero-order valence-corrected chi connectivity index (χ0v) is 17.0. The van der Waals surface area contributed by atoms with E-state index in [0.717, 1.165) is 32.4 Å². The van der Waals surface area contributed by atoms with Crippen molar-refractivity contribution in [1.29, 1.82) is 0 Å². The number of carbonyl (C=O) groups excluding carboxylic acids is 1. The number of nitrogens with one attached hydrogen (secondary N) is 3. The van der Waals surface area contributed by atoms with Crippen LogP contribution in [-0.2, 0) is 14.8 Å². The SMILES string of the molecule is Cl.O=C(Nc1ccccc1NS(=O)(=O)c1ccccc1)C1CC12CCNCC2. The summed E-state index contributed by atoms with van der Waals surface area (Å²) in [6, 6.07) is 15.1. The fraction of sp³-hybridized carbons (Fsp3) is 0.350. The largest absolute Gasteiger partial charge is 0.324 e. The van der Waals surface area contributed by atoms with Crippen LogP contribution >= 0.6 is 12.4 Å². The summed E-state index contributed by atoms with van der Waals surface area (Å²) in [6.45, 7) is 1.91. The summed E-state index contributed by atoms with van der Waals surface area (Å²) in [5.74, 6) is -0.0124. The fourth-order valence-electron chi connectivity index (χ4n) is 3.90. The van der Waals surface area contributed by atoms with Gasteiger partial charge < -0.3 is 10.6 Å². The van der Waals surface area contributed by atoms with Crippen LogP contribution in [0, 0.1) is 11.3 Å². The Labute approximate surface area is 171 Å². The number of piperidine rings is 1. The molecule has 4 rings (SSSR count). The van der Waals surface area contributed by atoms with Crippen molar-refractivity contribution < 1.29 is 13.2 Å². The first-order chi connectivity index (χ1) is 13.0. The van der Waals surface area contributed by atoms with Gasteiger partial charge in [-0.05, 0) is 62.0 Å². The van der Waals surface area contributed by atoms with Gasteiger partial charge in [0.25, 0.3) is 10.0 Å². The zero-order chi connectivity index (χ0) is 18.9. The second-order valence-corrected chi connectivity index (χ2v) is 9.00. The molecule has 0 radical (unpaired) electrons. The average molecular weight is 422 g/mol. The van der Waals surface area contributed by atoms with E-state index in [-0.39, 0.29) is 34.5 Å². The molecule has 2 aromatic rings. The van der Waals surface area contributed by atoms with Crippen LogP contribution in [0.2, 0.25) is 0 Å². The van der Waals surface area contributed by atoms with Crippen molar-refractivity contribution in [2.75, 3.05) is 23.1 Å². The predicted octanol–water partition coefficient (Wildman–Crippen LogP) is 3.24. The fourth-order valence-corrected chi connectivity index (χ4v) is 5.00. The highest BCUT2D eigenvalue weighted by atomic mass is 35.5. The second-order valence-electron chi connectivity index (χ2n) is 7.32. The highest BCUT2D eigenvalue weighted by molar-refractivity contribution is 7.92. The Morgan fingerprint density at radius 1 is 0.964 bits per heavy atom. The molecule has 0 aromatic heterocycles. The third-order valence-electron chi connectivity index (χ3n) is 5.59.